The molecular formula is C11H15N5O. The molecule has 17 heavy (non-hydrogen) atoms. The summed E-state index contributed by atoms with van der Waals surface area (Å²) in [4.78, 5) is 16.2. The van der Waals surface area contributed by atoms with Gasteiger partial charge in [-0.15, -0.1) is 0 Å². The van der Waals surface area contributed by atoms with Gasteiger partial charge >= 0.3 is 5.69 Å². The quantitative estimate of drug-likeness (QED) is 0.778. The molecule has 6 heteroatoms. The summed E-state index contributed by atoms with van der Waals surface area (Å²) in [6, 6.07) is 0.424. The number of aryl methyl sites for hydroxylation is 1. The van der Waals surface area contributed by atoms with Crippen molar-refractivity contribution in [3.05, 3.63) is 35.0 Å². The van der Waals surface area contributed by atoms with Crippen LogP contribution in [-0.4, -0.2) is 23.9 Å². The zero-order chi connectivity index (χ0) is 11.8. The lowest BCUT2D eigenvalue weighted by Crippen LogP contribution is -2.25. The Hall–Kier alpha value is -1.85. The average Bonchev–Trinajstić information content (AvgIpc) is 2.97. The van der Waals surface area contributed by atoms with E-state index in [1.807, 2.05) is 23.9 Å². The highest BCUT2D eigenvalue weighted by Crippen LogP contribution is 2.33. The van der Waals surface area contributed by atoms with Gasteiger partial charge in [0.25, 0.3) is 0 Å². The van der Waals surface area contributed by atoms with Crippen LogP contribution in [0.1, 0.15) is 31.6 Å². The maximum absolute atomic E-state index is 12.0. The van der Waals surface area contributed by atoms with E-state index in [4.69, 9.17) is 0 Å². The van der Waals surface area contributed by atoms with E-state index in [9.17, 15) is 4.79 Å². The third-order valence-electron chi connectivity index (χ3n) is 3.12. The molecule has 0 aliphatic heterocycles. The van der Waals surface area contributed by atoms with Gasteiger partial charge in [0, 0.05) is 25.0 Å². The molecule has 1 aliphatic rings. The lowest BCUT2D eigenvalue weighted by Gasteiger charge is -2.03. The molecule has 0 aromatic carbocycles. The van der Waals surface area contributed by atoms with Crippen molar-refractivity contribution in [2.45, 2.75) is 38.9 Å². The molecule has 2 aromatic rings. The van der Waals surface area contributed by atoms with E-state index >= 15 is 0 Å². The first-order chi connectivity index (χ1) is 8.29. The van der Waals surface area contributed by atoms with Crippen LogP contribution in [0.5, 0.6) is 0 Å². The third kappa shape index (κ3) is 1.79. The average molecular weight is 233 g/mol. The monoisotopic (exact) mass is 233 g/mol. The molecule has 2 heterocycles. The van der Waals surface area contributed by atoms with Gasteiger partial charge in [0.05, 0.1) is 6.54 Å². The molecule has 2 aromatic heterocycles. The molecule has 1 saturated carbocycles. The zero-order valence-corrected chi connectivity index (χ0v) is 9.78. The van der Waals surface area contributed by atoms with E-state index in [-0.39, 0.29) is 5.69 Å². The first-order valence-corrected chi connectivity index (χ1v) is 5.93. The molecule has 90 valence electrons. The van der Waals surface area contributed by atoms with Crippen LogP contribution in [0.3, 0.4) is 0 Å². The topological polar surface area (TPSA) is 57.6 Å². The highest BCUT2D eigenvalue weighted by molar-refractivity contribution is 4.94. The van der Waals surface area contributed by atoms with Crippen molar-refractivity contribution >= 4 is 0 Å². The standard InChI is InChI=1S/C11H15N5O/c1-2-16-10(12-8-13-16)7-14-5-6-15(11(14)17)9-3-4-9/h5-6,8-9H,2-4,7H2,1H3. The van der Waals surface area contributed by atoms with Gasteiger partial charge in [-0.25, -0.2) is 14.5 Å². The number of hydrogen-bond acceptors (Lipinski definition) is 3. The summed E-state index contributed by atoms with van der Waals surface area (Å²) < 4.78 is 5.31. The fourth-order valence-corrected chi connectivity index (χ4v) is 2.01. The first kappa shape index (κ1) is 10.3. The summed E-state index contributed by atoms with van der Waals surface area (Å²) in [5.74, 6) is 0.822. The van der Waals surface area contributed by atoms with Gasteiger partial charge in [0.1, 0.15) is 12.2 Å². The van der Waals surface area contributed by atoms with E-state index in [0.717, 1.165) is 25.2 Å². The van der Waals surface area contributed by atoms with Crippen LogP contribution in [0.2, 0.25) is 0 Å². The van der Waals surface area contributed by atoms with Gasteiger partial charge < -0.3 is 0 Å². The summed E-state index contributed by atoms with van der Waals surface area (Å²) >= 11 is 0. The maximum atomic E-state index is 12.0. The van der Waals surface area contributed by atoms with Crippen molar-refractivity contribution in [2.24, 2.45) is 0 Å². The minimum Gasteiger partial charge on any atom is -0.296 e. The smallest absolute Gasteiger partial charge is 0.296 e. The lowest BCUT2D eigenvalue weighted by atomic mass is 10.5. The van der Waals surface area contributed by atoms with Crippen molar-refractivity contribution in [1.29, 1.82) is 0 Å². The second-order valence-electron chi connectivity index (χ2n) is 4.34. The molecule has 1 fully saturated rings. The fourth-order valence-electron chi connectivity index (χ4n) is 2.01. The van der Waals surface area contributed by atoms with Crippen molar-refractivity contribution in [3.63, 3.8) is 0 Å². The number of hydrogen-bond donors (Lipinski definition) is 0. The van der Waals surface area contributed by atoms with E-state index in [1.165, 1.54) is 6.33 Å². The molecule has 0 N–H and O–H groups in total. The molecule has 0 bridgehead atoms. The maximum Gasteiger partial charge on any atom is 0.328 e. The summed E-state index contributed by atoms with van der Waals surface area (Å²) in [5, 5.41) is 4.10. The molecule has 1 aliphatic carbocycles. The highest BCUT2D eigenvalue weighted by atomic mass is 16.1. The normalized spacial score (nSPS) is 15.4. The molecule has 0 saturated heterocycles. The van der Waals surface area contributed by atoms with Crippen LogP contribution in [0.25, 0.3) is 0 Å². The van der Waals surface area contributed by atoms with E-state index in [0.29, 0.717) is 12.6 Å². The zero-order valence-electron chi connectivity index (χ0n) is 9.78. The number of rotatable bonds is 4. The van der Waals surface area contributed by atoms with Crippen molar-refractivity contribution in [1.82, 2.24) is 23.9 Å². The van der Waals surface area contributed by atoms with Gasteiger partial charge in [-0.2, -0.15) is 5.10 Å². The summed E-state index contributed by atoms with van der Waals surface area (Å²) in [6.45, 7) is 3.27. The van der Waals surface area contributed by atoms with E-state index < -0.39 is 0 Å². The van der Waals surface area contributed by atoms with Crippen LogP contribution < -0.4 is 5.69 Å². The van der Waals surface area contributed by atoms with Crippen molar-refractivity contribution < 1.29 is 0 Å². The second kappa shape index (κ2) is 3.87. The first-order valence-electron chi connectivity index (χ1n) is 5.93. The number of aromatic nitrogens is 5. The molecule has 0 amide bonds. The van der Waals surface area contributed by atoms with Crippen molar-refractivity contribution in [3.8, 4) is 0 Å². The molecule has 0 radical (unpaired) electrons. The minimum atomic E-state index is 0.0538. The van der Waals surface area contributed by atoms with Crippen LogP contribution in [0.15, 0.2) is 23.5 Å². The Labute approximate surface area is 98.5 Å². The molecule has 0 unspecified atom stereocenters. The van der Waals surface area contributed by atoms with Crippen LogP contribution in [0, 0.1) is 0 Å². The van der Waals surface area contributed by atoms with Crippen LogP contribution in [-0.2, 0) is 13.1 Å². The Kier molecular flexibility index (Phi) is 2.35. The van der Waals surface area contributed by atoms with E-state index in [2.05, 4.69) is 10.1 Å². The lowest BCUT2D eigenvalue weighted by molar-refractivity contribution is 0.575. The van der Waals surface area contributed by atoms with Gasteiger partial charge in [0.15, 0.2) is 0 Å². The van der Waals surface area contributed by atoms with E-state index in [1.54, 1.807) is 9.25 Å². The molecule has 0 atom stereocenters. The summed E-state index contributed by atoms with van der Waals surface area (Å²) in [5.41, 5.74) is 0.0538. The largest absolute Gasteiger partial charge is 0.328 e. The van der Waals surface area contributed by atoms with Crippen molar-refractivity contribution in [2.75, 3.05) is 0 Å². The Bertz CT molecular complexity index is 575. The summed E-state index contributed by atoms with van der Waals surface area (Å²) in [7, 11) is 0. The Morgan fingerprint density at radius 1 is 1.41 bits per heavy atom. The predicted octanol–water partition coefficient (Wildman–Crippen LogP) is 0.644. The Morgan fingerprint density at radius 2 is 2.24 bits per heavy atom. The molecule has 6 nitrogen and oxygen atoms in total. The fraction of sp³-hybridized carbons (Fsp3) is 0.545. The molecule has 3 rings (SSSR count). The van der Waals surface area contributed by atoms with Gasteiger partial charge in [-0.05, 0) is 19.8 Å². The third-order valence-corrected chi connectivity index (χ3v) is 3.12. The Balaban J connectivity index is 1.88. The van der Waals surface area contributed by atoms with Crippen LogP contribution in [0.4, 0.5) is 0 Å². The number of imidazole rings is 1. The second-order valence-corrected chi connectivity index (χ2v) is 4.34. The van der Waals surface area contributed by atoms with Gasteiger partial charge in [-0.1, -0.05) is 0 Å². The number of nitrogens with zero attached hydrogens (tertiary/aromatic N) is 5. The van der Waals surface area contributed by atoms with Gasteiger partial charge in [-0.3, -0.25) is 9.13 Å². The minimum absolute atomic E-state index is 0.0538. The highest BCUT2D eigenvalue weighted by Gasteiger charge is 2.25. The summed E-state index contributed by atoms with van der Waals surface area (Å²) in [6.07, 6.45) is 7.47. The predicted molar refractivity (Wildman–Crippen MR) is 61.8 cm³/mol. The molecule has 0 spiro atoms. The van der Waals surface area contributed by atoms with Gasteiger partial charge in [0.2, 0.25) is 0 Å². The van der Waals surface area contributed by atoms with Crippen LogP contribution >= 0.6 is 0 Å². The molecular weight excluding hydrogens is 218 g/mol. The Morgan fingerprint density at radius 3 is 2.94 bits per heavy atom. The SMILES string of the molecule is CCn1ncnc1Cn1ccn(C2CC2)c1=O.